The molecule has 1 aliphatic heterocycles. The molecule has 6 nitrogen and oxygen atoms in total. The Kier molecular flexibility index (Phi) is 4.26. The van der Waals surface area contributed by atoms with Crippen molar-refractivity contribution in [3.63, 3.8) is 0 Å². The Hall–Kier alpha value is -1.05. The van der Waals surface area contributed by atoms with Gasteiger partial charge in [0.05, 0.1) is 5.69 Å². The maximum atomic E-state index is 12.1. The third kappa shape index (κ3) is 3.24. The lowest BCUT2D eigenvalue weighted by molar-refractivity contribution is 0.398. The van der Waals surface area contributed by atoms with Gasteiger partial charge in [-0.1, -0.05) is 6.42 Å². The number of sulfonamides is 1. The fraction of sp³-hybridized carbons (Fsp3) is 0.636. The third-order valence-electron chi connectivity index (χ3n) is 3.02. The molecule has 100 valence electrons. The zero-order valence-corrected chi connectivity index (χ0v) is 11.2. The first-order chi connectivity index (χ1) is 8.59. The van der Waals surface area contributed by atoms with Crippen molar-refractivity contribution in [3.05, 3.63) is 18.1 Å². The summed E-state index contributed by atoms with van der Waals surface area (Å²) in [6.45, 7) is 3.00. The van der Waals surface area contributed by atoms with Crippen molar-refractivity contribution in [2.24, 2.45) is 0 Å². The monoisotopic (exact) mass is 270 g/mol. The van der Waals surface area contributed by atoms with Gasteiger partial charge in [0.2, 0.25) is 0 Å². The van der Waals surface area contributed by atoms with E-state index in [4.69, 9.17) is 0 Å². The SMILES string of the molecule is Cc1nccnc1S(=O)(=O)NC[C@H]1CCCCN1. The minimum absolute atomic E-state index is 0.0146. The van der Waals surface area contributed by atoms with Gasteiger partial charge in [-0.2, -0.15) is 0 Å². The number of aryl methyl sites for hydroxylation is 1. The molecule has 1 aliphatic rings. The molecule has 7 heteroatoms. The Morgan fingerprint density at radius 3 is 2.83 bits per heavy atom. The number of hydrogen-bond acceptors (Lipinski definition) is 5. The second kappa shape index (κ2) is 5.73. The number of aromatic nitrogens is 2. The molecular formula is C11H18N4O2S. The first kappa shape index (κ1) is 13.4. The van der Waals surface area contributed by atoms with Crippen LogP contribution >= 0.6 is 0 Å². The lowest BCUT2D eigenvalue weighted by atomic mass is 10.1. The maximum Gasteiger partial charge on any atom is 0.259 e. The Morgan fingerprint density at radius 2 is 2.17 bits per heavy atom. The highest BCUT2D eigenvalue weighted by atomic mass is 32.2. The average Bonchev–Trinajstić information content (AvgIpc) is 2.38. The molecule has 1 saturated heterocycles. The lowest BCUT2D eigenvalue weighted by Gasteiger charge is -2.23. The Morgan fingerprint density at radius 1 is 1.39 bits per heavy atom. The highest BCUT2D eigenvalue weighted by Crippen LogP contribution is 2.10. The van der Waals surface area contributed by atoms with E-state index in [1.54, 1.807) is 6.92 Å². The predicted octanol–water partition coefficient (Wildman–Crippen LogP) is 0.205. The van der Waals surface area contributed by atoms with Gasteiger partial charge in [-0.15, -0.1) is 0 Å². The van der Waals surface area contributed by atoms with Crippen molar-refractivity contribution in [1.82, 2.24) is 20.0 Å². The Labute approximate surface area is 107 Å². The molecule has 0 saturated carbocycles. The number of nitrogens with one attached hydrogen (secondary N) is 2. The van der Waals surface area contributed by atoms with Crippen LogP contribution in [-0.2, 0) is 10.0 Å². The summed E-state index contributed by atoms with van der Waals surface area (Å²) in [5, 5.41) is 3.31. The van der Waals surface area contributed by atoms with Gasteiger partial charge >= 0.3 is 0 Å². The second-order valence-corrected chi connectivity index (χ2v) is 6.13. The van der Waals surface area contributed by atoms with Gasteiger partial charge in [0.15, 0.2) is 5.03 Å². The van der Waals surface area contributed by atoms with Crippen LogP contribution in [0.25, 0.3) is 0 Å². The van der Waals surface area contributed by atoms with Crippen LogP contribution in [0.15, 0.2) is 17.4 Å². The summed E-state index contributed by atoms with van der Waals surface area (Å²) in [7, 11) is -3.55. The molecule has 0 aromatic carbocycles. The fourth-order valence-electron chi connectivity index (χ4n) is 2.04. The van der Waals surface area contributed by atoms with E-state index in [2.05, 4.69) is 20.0 Å². The van der Waals surface area contributed by atoms with Gasteiger partial charge in [-0.3, -0.25) is 4.98 Å². The van der Waals surface area contributed by atoms with Crippen LogP contribution in [0.3, 0.4) is 0 Å². The average molecular weight is 270 g/mol. The van der Waals surface area contributed by atoms with Gasteiger partial charge in [0.25, 0.3) is 10.0 Å². The first-order valence-corrected chi connectivity index (χ1v) is 7.58. The van der Waals surface area contributed by atoms with E-state index < -0.39 is 10.0 Å². The summed E-state index contributed by atoms with van der Waals surface area (Å²) < 4.78 is 26.7. The molecular weight excluding hydrogens is 252 g/mol. The highest BCUT2D eigenvalue weighted by Gasteiger charge is 2.21. The summed E-state index contributed by atoms with van der Waals surface area (Å²) >= 11 is 0. The smallest absolute Gasteiger partial charge is 0.259 e. The van der Waals surface area contributed by atoms with E-state index >= 15 is 0 Å². The van der Waals surface area contributed by atoms with Gasteiger partial charge in [-0.25, -0.2) is 18.1 Å². The zero-order valence-electron chi connectivity index (χ0n) is 10.4. The molecule has 0 unspecified atom stereocenters. The standard InChI is InChI=1S/C11H18N4O2S/c1-9-11(14-7-6-12-9)18(16,17)15-8-10-4-2-3-5-13-10/h6-7,10,13,15H,2-5,8H2,1H3/t10-/m1/s1. The fourth-order valence-corrected chi connectivity index (χ4v) is 3.23. The van der Waals surface area contributed by atoms with Crippen LogP contribution in [0, 0.1) is 6.92 Å². The van der Waals surface area contributed by atoms with E-state index in [0.29, 0.717) is 12.2 Å². The van der Waals surface area contributed by atoms with Crippen molar-refractivity contribution in [2.45, 2.75) is 37.3 Å². The quantitative estimate of drug-likeness (QED) is 0.817. The molecule has 2 N–H and O–H groups in total. The van der Waals surface area contributed by atoms with Crippen LogP contribution in [0.2, 0.25) is 0 Å². The summed E-state index contributed by atoms with van der Waals surface area (Å²) in [4.78, 5) is 7.82. The number of nitrogens with zero attached hydrogens (tertiary/aromatic N) is 2. The number of piperidine rings is 1. The molecule has 2 heterocycles. The van der Waals surface area contributed by atoms with Crippen LogP contribution in [0.5, 0.6) is 0 Å². The van der Waals surface area contributed by atoms with Crippen molar-refractivity contribution in [1.29, 1.82) is 0 Å². The van der Waals surface area contributed by atoms with Crippen LogP contribution < -0.4 is 10.0 Å². The summed E-state index contributed by atoms with van der Waals surface area (Å²) in [6.07, 6.45) is 6.18. The molecule has 0 bridgehead atoms. The highest BCUT2D eigenvalue weighted by molar-refractivity contribution is 7.89. The predicted molar refractivity (Wildman–Crippen MR) is 67.6 cm³/mol. The van der Waals surface area contributed by atoms with Crippen LogP contribution in [0.1, 0.15) is 25.0 Å². The van der Waals surface area contributed by atoms with Crippen LogP contribution in [-0.4, -0.2) is 37.5 Å². The lowest BCUT2D eigenvalue weighted by Crippen LogP contribution is -2.43. The summed E-state index contributed by atoms with van der Waals surface area (Å²) in [5.74, 6) is 0. The molecule has 2 rings (SSSR count). The maximum absolute atomic E-state index is 12.1. The van der Waals surface area contributed by atoms with Crippen molar-refractivity contribution in [3.8, 4) is 0 Å². The molecule has 1 atom stereocenters. The van der Waals surface area contributed by atoms with Crippen molar-refractivity contribution < 1.29 is 8.42 Å². The Balaban J connectivity index is 2.01. The third-order valence-corrected chi connectivity index (χ3v) is 4.48. The molecule has 0 spiro atoms. The van der Waals surface area contributed by atoms with Gasteiger partial charge in [-0.05, 0) is 26.3 Å². The summed E-state index contributed by atoms with van der Waals surface area (Å²) in [6, 6.07) is 0.213. The molecule has 0 amide bonds. The van der Waals surface area contributed by atoms with E-state index in [1.165, 1.54) is 12.4 Å². The van der Waals surface area contributed by atoms with Crippen molar-refractivity contribution >= 4 is 10.0 Å². The van der Waals surface area contributed by atoms with Crippen LogP contribution in [0.4, 0.5) is 0 Å². The largest absolute Gasteiger partial charge is 0.313 e. The van der Waals surface area contributed by atoms with E-state index in [1.807, 2.05) is 0 Å². The topological polar surface area (TPSA) is 84.0 Å². The van der Waals surface area contributed by atoms with Gasteiger partial charge in [0, 0.05) is 25.0 Å². The minimum atomic E-state index is -3.55. The van der Waals surface area contributed by atoms with E-state index in [0.717, 1.165) is 25.8 Å². The Bertz CT molecular complexity index is 498. The van der Waals surface area contributed by atoms with E-state index in [-0.39, 0.29) is 11.1 Å². The molecule has 1 aromatic rings. The minimum Gasteiger partial charge on any atom is -0.313 e. The molecule has 0 aliphatic carbocycles. The normalized spacial score (nSPS) is 20.8. The zero-order chi connectivity index (χ0) is 13.0. The molecule has 0 radical (unpaired) electrons. The summed E-state index contributed by atoms with van der Waals surface area (Å²) in [5.41, 5.74) is 0.418. The second-order valence-electron chi connectivity index (χ2n) is 4.45. The molecule has 18 heavy (non-hydrogen) atoms. The first-order valence-electron chi connectivity index (χ1n) is 6.10. The number of hydrogen-bond donors (Lipinski definition) is 2. The van der Waals surface area contributed by atoms with E-state index in [9.17, 15) is 8.42 Å². The molecule has 1 aromatic heterocycles. The van der Waals surface area contributed by atoms with Gasteiger partial charge < -0.3 is 5.32 Å². The van der Waals surface area contributed by atoms with Crippen molar-refractivity contribution in [2.75, 3.05) is 13.1 Å². The molecule has 1 fully saturated rings. The number of rotatable bonds is 4. The van der Waals surface area contributed by atoms with Gasteiger partial charge in [0.1, 0.15) is 0 Å².